The van der Waals surface area contributed by atoms with Crippen LogP contribution in [0.15, 0.2) is 30.5 Å². The second-order valence-electron chi connectivity index (χ2n) is 5.43. The minimum Gasteiger partial charge on any atom is -0.388 e. The van der Waals surface area contributed by atoms with E-state index in [4.69, 9.17) is 23.2 Å². The molecule has 1 aliphatic rings. The van der Waals surface area contributed by atoms with Crippen LogP contribution in [0.4, 0.5) is 5.69 Å². The highest BCUT2D eigenvalue weighted by Crippen LogP contribution is 2.27. The van der Waals surface area contributed by atoms with Crippen molar-refractivity contribution in [1.82, 2.24) is 4.90 Å². The van der Waals surface area contributed by atoms with Crippen LogP contribution in [0, 0.1) is 0 Å². The second kappa shape index (κ2) is 6.25. The Labute approximate surface area is 130 Å². The van der Waals surface area contributed by atoms with E-state index in [1.54, 1.807) is 12.1 Å². The molecule has 2 N–H and O–H groups in total. The normalized spacial score (nSPS) is 17.9. The molecule has 0 spiro atoms. The van der Waals surface area contributed by atoms with E-state index in [1.165, 1.54) is 0 Å². The van der Waals surface area contributed by atoms with Crippen molar-refractivity contribution in [2.75, 3.05) is 25.0 Å². The van der Waals surface area contributed by atoms with Gasteiger partial charge >= 0.3 is 0 Å². The number of nitrogens with one attached hydrogen (secondary N) is 1. The highest BCUT2D eigenvalue weighted by molar-refractivity contribution is 6.42. The molecule has 1 fully saturated rings. The molecular weight excluding hydrogens is 295 g/mol. The quantitative estimate of drug-likeness (QED) is 0.888. The van der Waals surface area contributed by atoms with E-state index < -0.39 is 5.60 Å². The molecule has 0 bridgehead atoms. The zero-order chi connectivity index (χ0) is 14.8. The molecular formula is C15H20Cl2N2O. The van der Waals surface area contributed by atoms with Crippen molar-refractivity contribution in [3.05, 3.63) is 40.5 Å². The molecule has 0 aromatic heterocycles. The van der Waals surface area contributed by atoms with E-state index in [1.807, 2.05) is 13.0 Å². The van der Waals surface area contributed by atoms with E-state index >= 15 is 0 Å². The zero-order valence-corrected chi connectivity index (χ0v) is 13.1. The Morgan fingerprint density at radius 1 is 1.35 bits per heavy atom. The van der Waals surface area contributed by atoms with Crippen LogP contribution in [-0.4, -0.2) is 35.2 Å². The van der Waals surface area contributed by atoms with Gasteiger partial charge in [0.1, 0.15) is 0 Å². The Bertz CT molecular complexity index is 497. The number of halogens is 2. The molecule has 2 rings (SSSR count). The number of allylic oxidation sites excluding steroid dienone is 1. The van der Waals surface area contributed by atoms with Crippen LogP contribution in [0.3, 0.4) is 0 Å². The molecule has 3 nitrogen and oxygen atoms in total. The van der Waals surface area contributed by atoms with E-state index in [-0.39, 0.29) is 0 Å². The van der Waals surface area contributed by atoms with E-state index in [0.717, 1.165) is 37.3 Å². The molecule has 1 aromatic rings. The van der Waals surface area contributed by atoms with Gasteiger partial charge in [-0.05, 0) is 38.0 Å². The summed E-state index contributed by atoms with van der Waals surface area (Å²) in [6.45, 7) is 8.13. The van der Waals surface area contributed by atoms with Gasteiger partial charge in [0.15, 0.2) is 0 Å². The Hall–Kier alpha value is -0.900. The molecule has 5 heteroatoms. The number of piperidine rings is 1. The van der Waals surface area contributed by atoms with Gasteiger partial charge in [-0.3, -0.25) is 0 Å². The SMILES string of the molecule is C=C(C)N1CCC(O)(CNc2ccc(Cl)c(Cl)c2)CC1. The lowest BCUT2D eigenvalue weighted by atomic mass is 9.91. The van der Waals surface area contributed by atoms with Crippen LogP contribution in [0.25, 0.3) is 0 Å². The molecule has 0 radical (unpaired) electrons. The number of benzene rings is 1. The maximum absolute atomic E-state index is 10.6. The molecule has 0 unspecified atom stereocenters. The van der Waals surface area contributed by atoms with Crippen LogP contribution in [0.5, 0.6) is 0 Å². The second-order valence-corrected chi connectivity index (χ2v) is 6.24. The molecule has 0 atom stereocenters. The highest BCUT2D eigenvalue weighted by Gasteiger charge is 2.31. The fourth-order valence-corrected chi connectivity index (χ4v) is 2.65. The van der Waals surface area contributed by atoms with Crippen molar-refractivity contribution in [2.45, 2.75) is 25.4 Å². The third-order valence-electron chi connectivity index (χ3n) is 3.78. The minimum atomic E-state index is -0.682. The van der Waals surface area contributed by atoms with Gasteiger partial charge in [-0.25, -0.2) is 0 Å². The number of rotatable bonds is 4. The van der Waals surface area contributed by atoms with E-state index in [9.17, 15) is 5.11 Å². The standard InChI is InChI=1S/C15H20Cl2N2O/c1-11(2)19-7-5-15(20,6-8-19)10-18-12-3-4-13(16)14(17)9-12/h3-4,9,18,20H,1,5-8,10H2,2H3. The van der Waals surface area contributed by atoms with Gasteiger partial charge in [-0.15, -0.1) is 0 Å². The maximum Gasteiger partial charge on any atom is 0.0852 e. The smallest absolute Gasteiger partial charge is 0.0852 e. The molecule has 1 saturated heterocycles. The fourth-order valence-electron chi connectivity index (χ4n) is 2.35. The summed E-state index contributed by atoms with van der Waals surface area (Å²) >= 11 is 11.9. The fraction of sp³-hybridized carbons (Fsp3) is 0.467. The molecule has 0 amide bonds. The molecule has 110 valence electrons. The number of nitrogens with zero attached hydrogens (tertiary/aromatic N) is 1. The summed E-state index contributed by atoms with van der Waals surface area (Å²) in [6, 6.07) is 5.39. The summed E-state index contributed by atoms with van der Waals surface area (Å²) in [5.41, 5.74) is 1.25. The van der Waals surface area contributed by atoms with Crippen molar-refractivity contribution in [2.24, 2.45) is 0 Å². The van der Waals surface area contributed by atoms with Gasteiger partial charge in [0.25, 0.3) is 0 Å². The van der Waals surface area contributed by atoms with Crippen LogP contribution in [0.1, 0.15) is 19.8 Å². The van der Waals surface area contributed by atoms with Crippen molar-refractivity contribution in [1.29, 1.82) is 0 Å². The van der Waals surface area contributed by atoms with Gasteiger partial charge in [-0.1, -0.05) is 29.8 Å². The Morgan fingerprint density at radius 2 is 2.00 bits per heavy atom. The minimum absolute atomic E-state index is 0.509. The molecule has 0 aliphatic carbocycles. The largest absolute Gasteiger partial charge is 0.388 e. The summed E-state index contributed by atoms with van der Waals surface area (Å²) in [5.74, 6) is 0. The van der Waals surface area contributed by atoms with Crippen LogP contribution in [-0.2, 0) is 0 Å². The summed E-state index contributed by atoms with van der Waals surface area (Å²) in [5, 5.41) is 14.9. The van der Waals surface area contributed by atoms with Crippen LogP contribution >= 0.6 is 23.2 Å². The van der Waals surface area contributed by atoms with Gasteiger partial charge in [-0.2, -0.15) is 0 Å². The first kappa shape index (κ1) is 15.5. The van der Waals surface area contributed by atoms with Crippen molar-refractivity contribution in [3.63, 3.8) is 0 Å². The first-order chi connectivity index (χ1) is 9.39. The van der Waals surface area contributed by atoms with Gasteiger partial charge < -0.3 is 15.3 Å². The first-order valence-electron chi connectivity index (χ1n) is 6.71. The van der Waals surface area contributed by atoms with E-state index in [0.29, 0.717) is 16.6 Å². The van der Waals surface area contributed by atoms with Crippen molar-refractivity contribution in [3.8, 4) is 0 Å². The lowest BCUT2D eigenvalue weighted by Gasteiger charge is -2.39. The van der Waals surface area contributed by atoms with Gasteiger partial charge in [0.05, 0.1) is 15.6 Å². The predicted molar refractivity (Wildman–Crippen MR) is 85.5 cm³/mol. The summed E-state index contributed by atoms with van der Waals surface area (Å²) in [4.78, 5) is 2.20. The Kier molecular flexibility index (Phi) is 4.84. The highest BCUT2D eigenvalue weighted by atomic mass is 35.5. The van der Waals surface area contributed by atoms with Crippen LogP contribution < -0.4 is 5.32 Å². The average Bonchev–Trinajstić information content (AvgIpc) is 2.41. The Balaban J connectivity index is 1.90. The van der Waals surface area contributed by atoms with Crippen molar-refractivity contribution < 1.29 is 5.11 Å². The van der Waals surface area contributed by atoms with Crippen molar-refractivity contribution >= 4 is 28.9 Å². The third-order valence-corrected chi connectivity index (χ3v) is 4.51. The maximum atomic E-state index is 10.6. The number of hydrogen-bond donors (Lipinski definition) is 2. The topological polar surface area (TPSA) is 35.5 Å². The summed E-state index contributed by atoms with van der Waals surface area (Å²) in [7, 11) is 0. The molecule has 1 aliphatic heterocycles. The van der Waals surface area contributed by atoms with E-state index in [2.05, 4.69) is 16.8 Å². The van der Waals surface area contributed by atoms with Gasteiger partial charge in [0.2, 0.25) is 0 Å². The predicted octanol–water partition coefficient (Wildman–Crippen LogP) is 3.77. The zero-order valence-electron chi connectivity index (χ0n) is 11.6. The number of likely N-dealkylation sites (tertiary alicyclic amines) is 1. The number of hydrogen-bond acceptors (Lipinski definition) is 3. The number of aliphatic hydroxyl groups is 1. The molecule has 1 aromatic carbocycles. The van der Waals surface area contributed by atoms with Gasteiger partial charge in [0, 0.05) is 31.0 Å². The lowest BCUT2D eigenvalue weighted by Crippen LogP contribution is -2.47. The lowest BCUT2D eigenvalue weighted by molar-refractivity contribution is -0.00207. The summed E-state index contributed by atoms with van der Waals surface area (Å²) < 4.78 is 0. The third kappa shape index (κ3) is 3.81. The molecule has 1 heterocycles. The number of anilines is 1. The van der Waals surface area contributed by atoms with Crippen LogP contribution in [0.2, 0.25) is 10.0 Å². The average molecular weight is 315 g/mol. The monoisotopic (exact) mass is 314 g/mol. The molecule has 20 heavy (non-hydrogen) atoms. The summed E-state index contributed by atoms with van der Waals surface area (Å²) in [6.07, 6.45) is 1.46. The first-order valence-corrected chi connectivity index (χ1v) is 7.47. The molecule has 0 saturated carbocycles. The Morgan fingerprint density at radius 3 is 2.55 bits per heavy atom.